The van der Waals surface area contributed by atoms with Gasteiger partial charge in [-0.1, -0.05) is 25.2 Å². The Morgan fingerprint density at radius 2 is 1.83 bits per heavy atom. The van der Waals surface area contributed by atoms with Gasteiger partial charge in [0.2, 0.25) is 0 Å². The summed E-state index contributed by atoms with van der Waals surface area (Å²) < 4.78 is 17.9. The molecule has 9 nitrogen and oxygen atoms in total. The van der Waals surface area contributed by atoms with E-state index in [1.165, 1.54) is 16.2 Å². The van der Waals surface area contributed by atoms with Crippen molar-refractivity contribution in [1.82, 2.24) is 19.4 Å². The first kappa shape index (κ1) is 26.5. The molecule has 1 aromatic carbocycles. The second-order valence-electron chi connectivity index (χ2n) is 9.67. The number of aromatic nitrogens is 3. The molecule has 0 unspecified atom stereocenters. The van der Waals surface area contributed by atoms with Crippen molar-refractivity contribution in [3.05, 3.63) is 44.9 Å². The van der Waals surface area contributed by atoms with Crippen molar-refractivity contribution in [2.45, 2.75) is 65.6 Å². The molecule has 1 amide bonds. The van der Waals surface area contributed by atoms with Crippen molar-refractivity contribution < 1.29 is 19.0 Å². The zero-order chi connectivity index (χ0) is 26.1. The summed E-state index contributed by atoms with van der Waals surface area (Å²) in [7, 11) is 4.84. The Balaban J connectivity index is 2.04. The minimum absolute atomic E-state index is 0.00348. The third-order valence-corrected chi connectivity index (χ3v) is 6.64. The van der Waals surface area contributed by atoms with E-state index in [4.69, 9.17) is 19.2 Å². The molecule has 0 spiro atoms. The summed E-state index contributed by atoms with van der Waals surface area (Å²) in [4.78, 5) is 37.6. The van der Waals surface area contributed by atoms with Crippen molar-refractivity contribution >= 4 is 27.8 Å². The highest BCUT2D eigenvalue weighted by atomic mass is 32.1. The molecule has 2 heterocycles. The first-order valence-electron chi connectivity index (χ1n) is 11.4. The molecule has 0 saturated carbocycles. The molecule has 10 heteroatoms. The van der Waals surface area contributed by atoms with E-state index >= 15 is 0 Å². The highest BCUT2D eigenvalue weighted by molar-refractivity contribution is 7.18. The Bertz CT molecular complexity index is 1280. The highest BCUT2D eigenvalue weighted by Crippen LogP contribution is 2.30. The molecule has 0 aliphatic rings. The number of fused-ring (bicyclic) bond motifs is 1. The Morgan fingerprint density at radius 3 is 2.40 bits per heavy atom. The number of amides is 1. The largest absolute Gasteiger partial charge is 0.497 e. The number of methoxy groups -OCH3 is 2. The number of nitrogens with zero attached hydrogens (tertiary/aromatic N) is 4. The van der Waals surface area contributed by atoms with Gasteiger partial charge in [0.05, 0.1) is 26.8 Å². The minimum Gasteiger partial charge on any atom is -0.497 e. The second-order valence-corrected chi connectivity index (χ2v) is 10.7. The van der Waals surface area contributed by atoms with Gasteiger partial charge in [0.15, 0.2) is 10.3 Å². The fourth-order valence-electron chi connectivity index (χ4n) is 3.52. The molecule has 0 aliphatic heterocycles. The molecule has 0 aliphatic carbocycles. The molecule has 190 valence electrons. The maximum atomic E-state index is 13.6. The van der Waals surface area contributed by atoms with E-state index in [0.717, 1.165) is 5.56 Å². The number of rotatable bonds is 7. The van der Waals surface area contributed by atoms with Gasteiger partial charge in [-0.2, -0.15) is 0 Å². The fraction of sp³-hybridized carbons (Fsp3) is 0.520. The molecule has 0 bridgehead atoms. The van der Waals surface area contributed by atoms with Crippen LogP contribution in [0.2, 0.25) is 0 Å². The number of carbonyl (C=O) groups is 1. The van der Waals surface area contributed by atoms with E-state index in [1.54, 1.807) is 31.9 Å². The van der Waals surface area contributed by atoms with Gasteiger partial charge in [-0.15, -0.1) is 0 Å². The lowest BCUT2D eigenvalue weighted by Crippen LogP contribution is -2.35. The first-order valence-corrected chi connectivity index (χ1v) is 12.3. The predicted octanol–water partition coefficient (Wildman–Crippen LogP) is 4.97. The number of thiazole rings is 1. The molecule has 35 heavy (non-hydrogen) atoms. The Morgan fingerprint density at radius 1 is 1.14 bits per heavy atom. The van der Waals surface area contributed by atoms with Crippen LogP contribution < -0.4 is 15.0 Å². The van der Waals surface area contributed by atoms with Crippen LogP contribution in [-0.2, 0) is 11.3 Å². The van der Waals surface area contributed by atoms with E-state index in [0.29, 0.717) is 27.2 Å². The van der Waals surface area contributed by atoms with Gasteiger partial charge in [-0.3, -0.25) is 9.36 Å². The summed E-state index contributed by atoms with van der Waals surface area (Å²) >= 11 is 1.32. The van der Waals surface area contributed by atoms with Gasteiger partial charge < -0.3 is 19.1 Å². The standard InChI is InChI=1S/C25H34N4O5S/c1-14(2)20-27-22-19(26-21(35-22)15(3)28(7)24(31)34-25(4,5)6)23(30)29(20)13-16-10-11-17(32-8)12-18(16)33-9/h10-12,14-15H,13H2,1-9H3/t15-/m1/s1. The Hall–Kier alpha value is -3.14. The maximum Gasteiger partial charge on any atom is 0.410 e. The van der Waals surface area contributed by atoms with E-state index in [2.05, 4.69) is 4.98 Å². The van der Waals surface area contributed by atoms with Gasteiger partial charge in [0.1, 0.15) is 27.9 Å². The van der Waals surface area contributed by atoms with Gasteiger partial charge in [-0.25, -0.2) is 14.8 Å². The molecule has 0 radical (unpaired) electrons. The lowest BCUT2D eigenvalue weighted by Gasteiger charge is -2.27. The van der Waals surface area contributed by atoms with Crippen LogP contribution in [0.1, 0.15) is 69.9 Å². The monoisotopic (exact) mass is 502 g/mol. The van der Waals surface area contributed by atoms with Crippen LogP contribution in [0, 0.1) is 0 Å². The topological polar surface area (TPSA) is 95.8 Å². The summed E-state index contributed by atoms with van der Waals surface area (Å²) in [6.07, 6.45) is -0.455. The molecule has 0 N–H and O–H groups in total. The van der Waals surface area contributed by atoms with Crippen molar-refractivity contribution in [1.29, 1.82) is 0 Å². The predicted molar refractivity (Wildman–Crippen MR) is 137 cm³/mol. The quantitative estimate of drug-likeness (QED) is 0.450. The molecule has 2 aromatic heterocycles. The van der Waals surface area contributed by atoms with Crippen LogP contribution in [0.4, 0.5) is 4.79 Å². The van der Waals surface area contributed by atoms with E-state index in [9.17, 15) is 9.59 Å². The molecule has 1 atom stereocenters. The molecular weight excluding hydrogens is 468 g/mol. The number of ether oxygens (including phenoxy) is 3. The van der Waals surface area contributed by atoms with Crippen molar-refractivity contribution in [2.75, 3.05) is 21.3 Å². The van der Waals surface area contributed by atoms with Crippen molar-refractivity contribution in [3.63, 3.8) is 0 Å². The Kier molecular flexibility index (Phi) is 7.74. The fourth-order valence-corrected chi connectivity index (χ4v) is 4.55. The molecule has 0 fully saturated rings. The lowest BCUT2D eigenvalue weighted by molar-refractivity contribution is 0.0233. The molecule has 3 aromatic rings. The SMILES string of the molecule is COc1ccc(Cn2c(C(C)C)nc3sc([C@@H](C)N(C)C(=O)OC(C)(C)C)nc3c2=O)c(OC)c1. The maximum absolute atomic E-state index is 13.6. The van der Waals surface area contributed by atoms with Crippen molar-refractivity contribution in [3.8, 4) is 11.5 Å². The number of hydrogen-bond acceptors (Lipinski definition) is 8. The third kappa shape index (κ3) is 5.75. The average molecular weight is 503 g/mol. The zero-order valence-electron chi connectivity index (χ0n) is 21.8. The summed E-state index contributed by atoms with van der Waals surface area (Å²) in [5.74, 6) is 1.95. The minimum atomic E-state index is -0.609. The molecular formula is C25H34N4O5S. The number of hydrogen-bond donors (Lipinski definition) is 0. The second kappa shape index (κ2) is 10.2. The normalized spacial score (nSPS) is 12.6. The lowest BCUT2D eigenvalue weighted by atomic mass is 10.1. The summed E-state index contributed by atoms with van der Waals surface area (Å²) in [6, 6.07) is 5.11. The van der Waals surface area contributed by atoms with Crippen LogP contribution >= 0.6 is 11.3 Å². The number of carbonyl (C=O) groups excluding carboxylic acids is 1. The van der Waals surface area contributed by atoms with E-state index in [-0.39, 0.29) is 29.6 Å². The summed E-state index contributed by atoms with van der Waals surface area (Å²) in [5, 5.41) is 0.618. The highest BCUT2D eigenvalue weighted by Gasteiger charge is 2.27. The van der Waals surface area contributed by atoms with Crippen LogP contribution in [0.15, 0.2) is 23.0 Å². The van der Waals surface area contributed by atoms with Gasteiger partial charge in [0.25, 0.3) is 5.56 Å². The van der Waals surface area contributed by atoms with E-state index < -0.39 is 11.7 Å². The average Bonchev–Trinajstić information content (AvgIpc) is 3.23. The van der Waals surface area contributed by atoms with Crippen LogP contribution in [-0.4, -0.2) is 52.4 Å². The van der Waals surface area contributed by atoms with Gasteiger partial charge in [-0.05, 0) is 39.8 Å². The van der Waals surface area contributed by atoms with Crippen LogP contribution in [0.3, 0.4) is 0 Å². The van der Waals surface area contributed by atoms with Gasteiger partial charge in [0, 0.05) is 24.6 Å². The first-order chi connectivity index (χ1) is 16.4. The van der Waals surface area contributed by atoms with Crippen molar-refractivity contribution in [2.24, 2.45) is 0 Å². The summed E-state index contributed by atoms with van der Waals surface area (Å²) in [5.41, 5.74) is 0.271. The van der Waals surface area contributed by atoms with Crippen LogP contribution in [0.25, 0.3) is 10.3 Å². The van der Waals surface area contributed by atoms with Gasteiger partial charge >= 0.3 is 6.09 Å². The zero-order valence-corrected chi connectivity index (χ0v) is 22.6. The smallest absolute Gasteiger partial charge is 0.410 e. The summed E-state index contributed by atoms with van der Waals surface area (Å²) in [6.45, 7) is 11.6. The van der Waals surface area contributed by atoms with E-state index in [1.807, 2.05) is 53.7 Å². The Labute approximate surface area is 209 Å². The molecule has 0 saturated heterocycles. The molecule has 3 rings (SSSR count). The number of benzene rings is 1. The third-order valence-electron chi connectivity index (χ3n) is 5.53. The van der Waals surface area contributed by atoms with Crippen LogP contribution in [0.5, 0.6) is 11.5 Å².